The van der Waals surface area contributed by atoms with E-state index in [1.807, 2.05) is 42.2 Å². The molecule has 0 atom stereocenters. The molecule has 0 aliphatic heterocycles. The molecule has 4 heteroatoms. The highest BCUT2D eigenvalue weighted by Gasteiger charge is 2.15. The van der Waals surface area contributed by atoms with Crippen molar-refractivity contribution < 1.29 is 14.1 Å². The standard InChI is InChI=1S/C15H16NO2S/c1-16-9-8-13(15(17)18-2)14(10-16)19-11-12-6-4-3-5-7-12/h3-10H,11H2,1-2H3/q+1. The Morgan fingerprint density at radius 1 is 1.26 bits per heavy atom. The molecular formula is C15H16NO2S+. The Bertz CT molecular complexity index is 570. The van der Waals surface area contributed by atoms with E-state index in [4.69, 9.17) is 4.74 Å². The number of ether oxygens (including phenoxy) is 1. The second-order valence-corrected chi connectivity index (χ2v) is 5.17. The van der Waals surface area contributed by atoms with Gasteiger partial charge in [0.2, 0.25) is 0 Å². The highest BCUT2D eigenvalue weighted by molar-refractivity contribution is 7.98. The Morgan fingerprint density at radius 2 is 2.00 bits per heavy atom. The summed E-state index contributed by atoms with van der Waals surface area (Å²) in [5.41, 5.74) is 1.84. The summed E-state index contributed by atoms with van der Waals surface area (Å²) in [7, 11) is 3.34. The van der Waals surface area contributed by atoms with Crippen molar-refractivity contribution in [1.29, 1.82) is 0 Å². The number of aromatic nitrogens is 1. The summed E-state index contributed by atoms with van der Waals surface area (Å²) in [5, 5.41) is 0. The molecule has 98 valence electrons. The van der Waals surface area contributed by atoms with E-state index in [-0.39, 0.29) is 5.97 Å². The molecule has 0 unspecified atom stereocenters. The predicted octanol–water partition coefficient (Wildman–Crippen LogP) is 2.59. The van der Waals surface area contributed by atoms with Gasteiger partial charge in [-0.05, 0) is 5.56 Å². The zero-order valence-electron chi connectivity index (χ0n) is 11.0. The quantitative estimate of drug-likeness (QED) is 0.488. The Morgan fingerprint density at radius 3 is 2.68 bits per heavy atom. The predicted molar refractivity (Wildman–Crippen MR) is 75.0 cm³/mol. The summed E-state index contributed by atoms with van der Waals surface area (Å²) in [6.45, 7) is 0. The summed E-state index contributed by atoms with van der Waals surface area (Å²) in [6.07, 6.45) is 3.79. The SMILES string of the molecule is COC(=O)c1cc[n+](C)cc1SCc1ccccc1. The number of rotatable bonds is 4. The largest absolute Gasteiger partial charge is 0.465 e. The molecule has 1 heterocycles. The van der Waals surface area contributed by atoms with Gasteiger partial charge < -0.3 is 4.74 Å². The molecule has 0 saturated carbocycles. The van der Waals surface area contributed by atoms with Gasteiger partial charge in [-0.1, -0.05) is 30.3 Å². The number of hydrogen-bond acceptors (Lipinski definition) is 3. The number of carbonyl (C=O) groups excluding carboxylic acids is 1. The first-order chi connectivity index (χ1) is 9.20. The van der Waals surface area contributed by atoms with Crippen LogP contribution in [0.25, 0.3) is 0 Å². The normalized spacial score (nSPS) is 10.2. The van der Waals surface area contributed by atoms with Crippen LogP contribution in [0.4, 0.5) is 0 Å². The van der Waals surface area contributed by atoms with Gasteiger partial charge >= 0.3 is 5.97 Å². The van der Waals surface area contributed by atoms with Gasteiger partial charge in [0.15, 0.2) is 12.4 Å². The number of thioether (sulfide) groups is 1. The Hall–Kier alpha value is -1.81. The van der Waals surface area contributed by atoms with E-state index in [9.17, 15) is 4.79 Å². The van der Waals surface area contributed by atoms with Crippen molar-refractivity contribution in [3.05, 3.63) is 59.9 Å². The zero-order chi connectivity index (χ0) is 13.7. The first kappa shape index (κ1) is 13.6. The topological polar surface area (TPSA) is 30.2 Å². The average molecular weight is 274 g/mol. The lowest BCUT2D eigenvalue weighted by Gasteiger charge is -2.06. The number of methoxy groups -OCH3 is 1. The summed E-state index contributed by atoms with van der Waals surface area (Å²) in [6, 6.07) is 12.0. The molecule has 0 amide bonds. The van der Waals surface area contributed by atoms with E-state index < -0.39 is 0 Å². The molecule has 0 radical (unpaired) electrons. The number of esters is 1. The van der Waals surface area contributed by atoms with Crippen molar-refractivity contribution >= 4 is 17.7 Å². The van der Waals surface area contributed by atoms with Gasteiger partial charge in [-0.2, -0.15) is 0 Å². The smallest absolute Gasteiger partial charge is 0.339 e. The number of pyridine rings is 1. The lowest BCUT2D eigenvalue weighted by molar-refractivity contribution is -0.673. The molecule has 0 N–H and O–H groups in total. The van der Waals surface area contributed by atoms with Crippen LogP contribution in [0.3, 0.4) is 0 Å². The Labute approximate surface area is 117 Å². The van der Waals surface area contributed by atoms with Crippen LogP contribution < -0.4 is 4.57 Å². The van der Waals surface area contributed by atoms with Crippen molar-refractivity contribution in [1.82, 2.24) is 0 Å². The first-order valence-corrected chi connectivity index (χ1v) is 6.93. The van der Waals surface area contributed by atoms with Crippen LogP contribution in [0.2, 0.25) is 0 Å². The van der Waals surface area contributed by atoms with Gasteiger partial charge in [-0.25, -0.2) is 9.36 Å². The van der Waals surface area contributed by atoms with Crippen LogP contribution in [0, 0.1) is 0 Å². The van der Waals surface area contributed by atoms with E-state index in [2.05, 4.69) is 12.1 Å². The second-order valence-electron chi connectivity index (χ2n) is 4.15. The monoisotopic (exact) mass is 274 g/mol. The fraction of sp³-hybridized carbons (Fsp3) is 0.200. The molecular weight excluding hydrogens is 258 g/mol. The van der Waals surface area contributed by atoms with Crippen molar-refractivity contribution in [2.45, 2.75) is 10.6 Å². The van der Waals surface area contributed by atoms with Crippen LogP contribution in [0.5, 0.6) is 0 Å². The summed E-state index contributed by atoms with van der Waals surface area (Å²) < 4.78 is 6.74. The van der Waals surface area contributed by atoms with Gasteiger partial charge in [-0.3, -0.25) is 0 Å². The van der Waals surface area contributed by atoms with Crippen LogP contribution in [0.1, 0.15) is 15.9 Å². The van der Waals surface area contributed by atoms with Crippen LogP contribution in [-0.2, 0) is 17.5 Å². The Kier molecular flexibility index (Phi) is 4.58. The van der Waals surface area contributed by atoms with E-state index in [0.29, 0.717) is 5.56 Å². The molecule has 0 bridgehead atoms. The van der Waals surface area contributed by atoms with Crippen molar-refractivity contribution in [2.24, 2.45) is 7.05 Å². The molecule has 2 aromatic rings. The Balaban J connectivity index is 2.19. The molecule has 19 heavy (non-hydrogen) atoms. The zero-order valence-corrected chi connectivity index (χ0v) is 11.8. The minimum atomic E-state index is -0.295. The van der Waals surface area contributed by atoms with Gasteiger partial charge in [0, 0.05) is 11.8 Å². The minimum absolute atomic E-state index is 0.295. The molecule has 3 nitrogen and oxygen atoms in total. The third-order valence-corrected chi connectivity index (χ3v) is 3.82. The van der Waals surface area contributed by atoms with E-state index in [0.717, 1.165) is 10.6 Å². The molecule has 0 aliphatic rings. The number of benzene rings is 1. The van der Waals surface area contributed by atoms with Gasteiger partial charge in [-0.15, -0.1) is 11.8 Å². The molecule has 1 aromatic carbocycles. The molecule has 1 aromatic heterocycles. The van der Waals surface area contributed by atoms with E-state index in [1.54, 1.807) is 17.8 Å². The van der Waals surface area contributed by atoms with Gasteiger partial charge in [0.1, 0.15) is 7.05 Å². The molecule has 0 saturated heterocycles. The average Bonchev–Trinajstić information content (AvgIpc) is 2.45. The summed E-state index contributed by atoms with van der Waals surface area (Å²) >= 11 is 1.64. The fourth-order valence-corrected chi connectivity index (χ4v) is 2.76. The molecule has 0 spiro atoms. The second kappa shape index (κ2) is 6.38. The lowest BCUT2D eigenvalue weighted by atomic mass is 10.2. The molecule has 0 fully saturated rings. The van der Waals surface area contributed by atoms with E-state index in [1.165, 1.54) is 12.7 Å². The number of hydrogen-bond donors (Lipinski definition) is 0. The van der Waals surface area contributed by atoms with Crippen LogP contribution >= 0.6 is 11.8 Å². The van der Waals surface area contributed by atoms with Crippen LogP contribution in [0.15, 0.2) is 53.7 Å². The molecule has 0 aliphatic carbocycles. The number of nitrogens with zero attached hydrogens (tertiary/aromatic N) is 1. The maximum Gasteiger partial charge on any atom is 0.339 e. The highest BCUT2D eigenvalue weighted by Crippen LogP contribution is 2.25. The first-order valence-electron chi connectivity index (χ1n) is 5.95. The van der Waals surface area contributed by atoms with Gasteiger partial charge in [0.05, 0.1) is 17.6 Å². The third kappa shape index (κ3) is 3.58. The van der Waals surface area contributed by atoms with Crippen LogP contribution in [-0.4, -0.2) is 13.1 Å². The summed E-state index contributed by atoms with van der Waals surface area (Å²) in [4.78, 5) is 12.6. The van der Waals surface area contributed by atoms with E-state index >= 15 is 0 Å². The minimum Gasteiger partial charge on any atom is -0.465 e. The van der Waals surface area contributed by atoms with Crippen molar-refractivity contribution in [3.63, 3.8) is 0 Å². The highest BCUT2D eigenvalue weighted by atomic mass is 32.2. The van der Waals surface area contributed by atoms with Crippen molar-refractivity contribution in [3.8, 4) is 0 Å². The number of aryl methyl sites for hydroxylation is 1. The molecule has 2 rings (SSSR count). The van der Waals surface area contributed by atoms with Crippen molar-refractivity contribution in [2.75, 3.05) is 7.11 Å². The fourth-order valence-electron chi connectivity index (χ4n) is 1.70. The van der Waals surface area contributed by atoms with Gasteiger partial charge in [0.25, 0.3) is 0 Å². The summed E-state index contributed by atoms with van der Waals surface area (Å²) in [5.74, 6) is 0.533. The lowest BCUT2D eigenvalue weighted by Crippen LogP contribution is -2.27. The maximum absolute atomic E-state index is 11.7. The number of carbonyl (C=O) groups is 1. The maximum atomic E-state index is 11.7. The third-order valence-electron chi connectivity index (χ3n) is 2.71.